The van der Waals surface area contributed by atoms with Crippen molar-refractivity contribution in [1.29, 1.82) is 5.26 Å². The number of fused-ring (bicyclic) bond motifs is 4. The molecule has 8 rings (SSSR count). The Morgan fingerprint density at radius 3 is 2.90 bits per heavy atom. The Morgan fingerprint density at radius 2 is 2.10 bits per heavy atom. The predicted molar refractivity (Wildman–Crippen MR) is 173 cm³/mol. The van der Waals surface area contributed by atoms with Crippen LogP contribution in [0, 0.1) is 23.0 Å². The zero-order valence-electron chi connectivity index (χ0n) is 25.3. The Hall–Kier alpha value is -3.93. The van der Waals surface area contributed by atoms with Gasteiger partial charge in [-0.15, -0.1) is 11.3 Å². The van der Waals surface area contributed by atoms with Crippen molar-refractivity contribution in [3.63, 3.8) is 0 Å². The lowest BCUT2D eigenvalue weighted by molar-refractivity contribution is 0.107. The van der Waals surface area contributed by atoms with E-state index in [-0.39, 0.29) is 91.1 Å². The second-order valence-electron chi connectivity index (χ2n) is 12.8. The average molecular weight is 703 g/mol. The van der Waals surface area contributed by atoms with Crippen LogP contribution in [-0.2, 0) is 0 Å². The number of benzene rings is 2. The molecular formula is C33H28ClF5N6O2S. The van der Waals surface area contributed by atoms with Crippen molar-refractivity contribution in [1.82, 2.24) is 14.9 Å². The van der Waals surface area contributed by atoms with E-state index in [1.54, 1.807) is 0 Å². The number of allylic oxidation sites excluding steroid dienone is 1. The molecule has 2 unspecified atom stereocenters. The van der Waals surface area contributed by atoms with Crippen molar-refractivity contribution in [3.05, 3.63) is 46.0 Å². The lowest BCUT2D eigenvalue weighted by atomic mass is 9.95. The largest absolute Gasteiger partial charge is 0.491 e. The summed E-state index contributed by atoms with van der Waals surface area (Å²) < 4.78 is 85.9. The molecule has 15 heteroatoms. The Labute approximate surface area is 280 Å². The van der Waals surface area contributed by atoms with Crippen LogP contribution in [0.5, 0.6) is 11.8 Å². The van der Waals surface area contributed by atoms with Gasteiger partial charge in [0.05, 0.1) is 32.8 Å². The lowest BCUT2D eigenvalue weighted by Gasteiger charge is -2.32. The summed E-state index contributed by atoms with van der Waals surface area (Å²) in [6.45, 7) is 1.35. The van der Waals surface area contributed by atoms with Gasteiger partial charge in [-0.25, -0.2) is 22.0 Å². The van der Waals surface area contributed by atoms with Crippen molar-refractivity contribution in [2.45, 2.75) is 56.3 Å². The number of ether oxygens (including phenoxy) is 2. The molecule has 3 fully saturated rings. The van der Waals surface area contributed by atoms with Crippen LogP contribution in [-0.4, -0.2) is 71.9 Å². The van der Waals surface area contributed by atoms with Crippen molar-refractivity contribution in [3.8, 4) is 29.0 Å². The van der Waals surface area contributed by atoms with E-state index < -0.39 is 29.8 Å². The van der Waals surface area contributed by atoms with Crippen LogP contribution in [0.4, 0.5) is 32.8 Å². The molecule has 8 nitrogen and oxygen atoms in total. The Kier molecular flexibility index (Phi) is 7.57. The van der Waals surface area contributed by atoms with Crippen LogP contribution in [0.25, 0.3) is 32.1 Å². The molecule has 4 aliphatic heterocycles. The number of nitriles is 1. The second-order valence-corrected chi connectivity index (χ2v) is 14.2. The van der Waals surface area contributed by atoms with Crippen LogP contribution in [0.15, 0.2) is 23.8 Å². The van der Waals surface area contributed by atoms with Crippen molar-refractivity contribution in [2.75, 3.05) is 43.5 Å². The van der Waals surface area contributed by atoms with Gasteiger partial charge < -0.3 is 20.1 Å². The first-order chi connectivity index (χ1) is 23.1. The summed E-state index contributed by atoms with van der Waals surface area (Å²) in [7, 11) is 0. The van der Waals surface area contributed by atoms with E-state index in [9.17, 15) is 22.8 Å². The summed E-state index contributed by atoms with van der Waals surface area (Å²) in [6.07, 6.45) is -0.0774. The second kappa shape index (κ2) is 11.6. The summed E-state index contributed by atoms with van der Waals surface area (Å²) in [5.41, 5.74) is 5.73. The van der Waals surface area contributed by atoms with Gasteiger partial charge in [0.25, 0.3) is 6.43 Å². The molecular weight excluding hydrogens is 675 g/mol. The molecule has 0 bridgehead atoms. The van der Waals surface area contributed by atoms with E-state index in [2.05, 4.69) is 9.88 Å². The molecule has 3 atom stereocenters. The van der Waals surface area contributed by atoms with Gasteiger partial charge in [0.15, 0.2) is 11.6 Å². The zero-order valence-corrected chi connectivity index (χ0v) is 26.9. The molecule has 4 aromatic rings. The van der Waals surface area contributed by atoms with Gasteiger partial charge in [0.2, 0.25) is 0 Å². The first-order valence-corrected chi connectivity index (χ1v) is 16.8. The minimum absolute atomic E-state index is 0.0163. The van der Waals surface area contributed by atoms with E-state index in [1.807, 2.05) is 11.0 Å². The molecule has 2 aromatic heterocycles. The van der Waals surface area contributed by atoms with E-state index >= 15 is 4.39 Å². The number of rotatable bonds is 5. The highest BCUT2D eigenvalue weighted by atomic mass is 35.5. The van der Waals surface area contributed by atoms with Gasteiger partial charge >= 0.3 is 6.01 Å². The lowest BCUT2D eigenvalue weighted by Crippen LogP contribution is -2.43. The number of hydrogen-bond donors (Lipinski definition) is 1. The maximum atomic E-state index is 17.1. The van der Waals surface area contributed by atoms with Gasteiger partial charge in [0.1, 0.15) is 41.0 Å². The van der Waals surface area contributed by atoms with Crippen molar-refractivity contribution < 1.29 is 31.4 Å². The minimum atomic E-state index is -2.65. The first-order valence-electron chi connectivity index (χ1n) is 15.6. The molecule has 0 amide bonds. The van der Waals surface area contributed by atoms with Crippen LogP contribution in [0.2, 0.25) is 5.02 Å². The van der Waals surface area contributed by atoms with Crippen molar-refractivity contribution in [2.24, 2.45) is 0 Å². The predicted octanol–water partition coefficient (Wildman–Crippen LogP) is 7.40. The number of hydrogen-bond acceptors (Lipinski definition) is 9. The van der Waals surface area contributed by atoms with Crippen molar-refractivity contribution >= 4 is 54.7 Å². The molecule has 250 valence electrons. The molecule has 0 radical (unpaired) electrons. The maximum absolute atomic E-state index is 17.1. The number of nitrogen functional groups attached to an aromatic ring is 1. The molecule has 6 heterocycles. The summed E-state index contributed by atoms with van der Waals surface area (Å²) in [5.74, 6) is -1.27. The van der Waals surface area contributed by atoms with Gasteiger partial charge in [-0.2, -0.15) is 15.2 Å². The highest BCUT2D eigenvalue weighted by molar-refractivity contribution is 7.23. The van der Waals surface area contributed by atoms with E-state index in [0.29, 0.717) is 31.4 Å². The Bertz CT molecular complexity index is 2070. The summed E-state index contributed by atoms with van der Waals surface area (Å²) >= 11 is 7.85. The highest BCUT2D eigenvalue weighted by Crippen LogP contribution is 2.51. The zero-order chi connectivity index (χ0) is 33.5. The smallest absolute Gasteiger partial charge is 0.319 e. The molecule has 2 aromatic carbocycles. The monoisotopic (exact) mass is 702 g/mol. The average Bonchev–Trinajstić information content (AvgIpc) is 3.78. The molecule has 48 heavy (non-hydrogen) atoms. The van der Waals surface area contributed by atoms with Crippen LogP contribution in [0.1, 0.15) is 37.7 Å². The molecule has 3 saturated heterocycles. The topological polar surface area (TPSA) is 101 Å². The Balaban J connectivity index is 1.35. The molecule has 0 saturated carbocycles. The molecule has 2 N–H and O–H groups in total. The highest BCUT2D eigenvalue weighted by Gasteiger charge is 2.49. The minimum Gasteiger partial charge on any atom is -0.491 e. The van der Waals surface area contributed by atoms with Gasteiger partial charge in [0, 0.05) is 42.9 Å². The van der Waals surface area contributed by atoms with Gasteiger partial charge in [-0.3, -0.25) is 4.90 Å². The number of aromatic nitrogens is 2. The van der Waals surface area contributed by atoms with E-state index in [1.165, 1.54) is 6.07 Å². The fraction of sp³-hybridized carbons (Fsp3) is 0.424. The summed E-state index contributed by atoms with van der Waals surface area (Å²) in [6, 6.07) is 4.01. The normalized spacial score (nSPS) is 24.6. The van der Waals surface area contributed by atoms with Crippen LogP contribution >= 0.6 is 22.9 Å². The first kappa shape index (κ1) is 31.3. The number of nitrogens with two attached hydrogens (primary N) is 1. The molecule has 0 spiro atoms. The summed E-state index contributed by atoms with van der Waals surface area (Å²) in [5, 5.41) is 10.1. The standard InChI is InChI=1S/C33H28ClF5N6O2S/c34-25-23(18-2-3-20(36)29-22(18)19(11-40)30(41)48-29)26(39)27-24-28(25)46-7-4-17-8-15(9-21(37)38)12-45(17)31(24)43-32(42-27)47-14-33-5-1-6-44(33)13-16(35)10-33/h2-3,9,16-17,21H,1,4-8,10,12-14,41H2/b15-9-/t16-,17?,33?/m1/s1. The summed E-state index contributed by atoms with van der Waals surface area (Å²) in [4.78, 5) is 13.1. The number of nitrogens with zero attached hydrogens (tertiary/aromatic N) is 5. The van der Waals surface area contributed by atoms with Crippen LogP contribution in [0.3, 0.4) is 0 Å². The molecule has 0 aliphatic carbocycles. The SMILES string of the molecule is N#Cc1c(N)sc2c(F)ccc(-c3c(Cl)c4c5c(nc(OCC67CCCN6C[C@H](F)C7)nc5c3F)N3C/C(=C\C(F)F)CC3CCO4)c12. The fourth-order valence-corrected chi connectivity index (χ4v) is 9.25. The van der Waals surface area contributed by atoms with Gasteiger partial charge in [-0.1, -0.05) is 17.7 Å². The molecule has 4 aliphatic rings. The quantitative estimate of drug-likeness (QED) is 0.170. The number of alkyl halides is 3. The maximum Gasteiger partial charge on any atom is 0.319 e. The third-order valence-electron chi connectivity index (χ3n) is 10.0. The number of thiophene rings is 1. The van der Waals surface area contributed by atoms with E-state index in [4.69, 9.17) is 31.8 Å². The number of anilines is 2. The number of halogens is 6. The van der Waals surface area contributed by atoms with Crippen LogP contribution < -0.4 is 20.1 Å². The van der Waals surface area contributed by atoms with Gasteiger partial charge in [-0.05, 0) is 49.1 Å². The fourth-order valence-electron chi connectivity index (χ4n) is 7.96. The van der Waals surface area contributed by atoms with E-state index in [0.717, 1.165) is 42.9 Å². The third-order valence-corrected chi connectivity index (χ3v) is 11.4. The Morgan fingerprint density at radius 1 is 1.27 bits per heavy atom. The third kappa shape index (κ3) is 4.84.